The highest BCUT2D eigenvalue weighted by molar-refractivity contribution is 7.18. The summed E-state index contributed by atoms with van der Waals surface area (Å²) in [6.07, 6.45) is -0.128. The summed E-state index contributed by atoms with van der Waals surface area (Å²) in [6.45, 7) is 2.51. The number of likely N-dealkylation sites (tertiary alicyclic amines) is 1. The van der Waals surface area contributed by atoms with Crippen molar-refractivity contribution in [2.24, 2.45) is 0 Å². The first-order valence-corrected chi connectivity index (χ1v) is 11.5. The van der Waals surface area contributed by atoms with Gasteiger partial charge in [0.05, 0.1) is 5.69 Å². The maximum atomic E-state index is 13.7. The van der Waals surface area contributed by atoms with Gasteiger partial charge in [0.25, 0.3) is 5.91 Å². The van der Waals surface area contributed by atoms with Crippen LogP contribution in [0.5, 0.6) is 0 Å². The van der Waals surface area contributed by atoms with Gasteiger partial charge >= 0.3 is 12.1 Å². The number of carboxylic acid groups (broad SMARTS) is 2. The normalized spacial score (nSPS) is 14.2. The number of nitrogens with zero attached hydrogens (tertiary/aromatic N) is 2. The van der Waals surface area contributed by atoms with Crippen LogP contribution in [0.15, 0.2) is 60.7 Å². The van der Waals surface area contributed by atoms with Crippen molar-refractivity contribution in [1.29, 1.82) is 0 Å². The van der Waals surface area contributed by atoms with E-state index in [1.54, 1.807) is 23.1 Å². The van der Waals surface area contributed by atoms with Crippen molar-refractivity contribution in [1.82, 2.24) is 4.90 Å². The zero-order chi connectivity index (χ0) is 23.5. The molecule has 0 spiro atoms. The average molecular weight is 465 g/mol. The van der Waals surface area contributed by atoms with E-state index < -0.39 is 12.1 Å². The maximum absolute atomic E-state index is 13.7. The number of thiophene rings is 1. The Bertz CT molecular complexity index is 1170. The highest BCUT2D eigenvalue weighted by Crippen LogP contribution is 2.39. The van der Waals surface area contributed by atoms with Crippen LogP contribution >= 0.6 is 11.3 Å². The molecule has 2 N–H and O–H groups in total. The molecule has 2 aromatic carbocycles. The molecule has 1 fully saturated rings. The van der Waals surface area contributed by atoms with E-state index in [2.05, 4.69) is 0 Å². The molecule has 170 valence electrons. The van der Waals surface area contributed by atoms with E-state index in [1.165, 1.54) is 4.90 Å². The number of aryl methyl sites for hydroxylation is 1. The molecule has 0 atom stereocenters. The number of piperidine rings is 1. The Morgan fingerprint density at radius 1 is 0.970 bits per heavy atom. The van der Waals surface area contributed by atoms with Crippen LogP contribution in [0.1, 0.15) is 38.4 Å². The predicted octanol–water partition coefficient (Wildman–Crippen LogP) is 5.21. The molecule has 7 nitrogen and oxygen atoms in total. The minimum Gasteiger partial charge on any atom is -0.477 e. The van der Waals surface area contributed by atoms with Crippen LogP contribution in [0.3, 0.4) is 0 Å². The number of aromatic carboxylic acids is 1. The number of benzene rings is 2. The average Bonchev–Trinajstić information content (AvgIpc) is 3.26. The molecule has 0 bridgehead atoms. The second-order valence-electron chi connectivity index (χ2n) is 8.04. The van der Waals surface area contributed by atoms with Crippen LogP contribution in [0, 0.1) is 6.92 Å². The zero-order valence-corrected chi connectivity index (χ0v) is 18.9. The zero-order valence-electron chi connectivity index (χ0n) is 18.1. The Balaban J connectivity index is 1.78. The first kappa shape index (κ1) is 22.5. The topological polar surface area (TPSA) is 98.2 Å². The molecule has 8 heteroatoms. The van der Waals surface area contributed by atoms with Crippen LogP contribution in [-0.4, -0.2) is 52.2 Å². The lowest BCUT2D eigenvalue weighted by Crippen LogP contribution is -2.49. The highest BCUT2D eigenvalue weighted by Gasteiger charge is 2.34. The van der Waals surface area contributed by atoms with Gasteiger partial charge in [-0.05, 0) is 43.5 Å². The standard InChI is InChI=1S/C25H24N2O5S/c1-16-7-9-18(10-8-16)23(28)27(19-11-13-26(14-12-19)25(31)32)20-15-21(33-22(20)24(29)30)17-5-3-2-4-6-17/h2-10,15,19H,11-14H2,1H3,(H,29,30)(H,31,32). The molecule has 0 radical (unpaired) electrons. The molecule has 0 unspecified atom stereocenters. The number of carboxylic acids is 1. The predicted molar refractivity (Wildman–Crippen MR) is 127 cm³/mol. The second-order valence-corrected chi connectivity index (χ2v) is 9.09. The van der Waals surface area contributed by atoms with Crippen molar-refractivity contribution in [3.63, 3.8) is 0 Å². The molecule has 3 aromatic rings. The Labute approximate surface area is 195 Å². The number of amides is 2. The minimum absolute atomic E-state index is 0.0926. The largest absolute Gasteiger partial charge is 0.477 e. The minimum atomic E-state index is -1.10. The molecule has 1 aliphatic heterocycles. The number of anilines is 1. The van der Waals surface area contributed by atoms with Crippen molar-refractivity contribution in [3.05, 3.63) is 76.7 Å². The fourth-order valence-corrected chi connectivity index (χ4v) is 5.07. The van der Waals surface area contributed by atoms with Crippen molar-refractivity contribution in [2.45, 2.75) is 25.8 Å². The molecule has 1 aromatic heterocycles. The molecule has 0 saturated carbocycles. The third-order valence-electron chi connectivity index (χ3n) is 5.84. The summed E-state index contributed by atoms with van der Waals surface area (Å²) in [7, 11) is 0. The van der Waals surface area contributed by atoms with Gasteiger partial charge in [0.15, 0.2) is 0 Å². The summed E-state index contributed by atoms with van der Waals surface area (Å²) in [6, 6.07) is 18.1. The van der Waals surface area contributed by atoms with E-state index in [4.69, 9.17) is 0 Å². The quantitative estimate of drug-likeness (QED) is 0.540. The molecular formula is C25H24N2O5S. The lowest BCUT2D eigenvalue weighted by Gasteiger charge is -2.37. The van der Waals surface area contributed by atoms with Gasteiger partial charge < -0.3 is 20.0 Å². The molecule has 2 heterocycles. The number of hydrogen-bond acceptors (Lipinski definition) is 4. The van der Waals surface area contributed by atoms with Crippen LogP contribution in [0.2, 0.25) is 0 Å². The SMILES string of the molecule is Cc1ccc(C(=O)N(c2cc(-c3ccccc3)sc2C(=O)O)C2CCN(C(=O)O)CC2)cc1. The van der Waals surface area contributed by atoms with Gasteiger partial charge in [-0.15, -0.1) is 11.3 Å². The number of carbonyl (C=O) groups excluding carboxylic acids is 1. The summed E-state index contributed by atoms with van der Waals surface area (Å²) in [5, 5.41) is 19.3. The summed E-state index contributed by atoms with van der Waals surface area (Å²) >= 11 is 1.14. The van der Waals surface area contributed by atoms with Crippen LogP contribution in [0.4, 0.5) is 10.5 Å². The first-order chi connectivity index (χ1) is 15.8. The molecule has 1 aliphatic rings. The summed E-state index contributed by atoms with van der Waals surface area (Å²) in [5.74, 6) is -1.38. The van der Waals surface area contributed by atoms with Crippen molar-refractivity contribution >= 4 is 35.0 Å². The van der Waals surface area contributed by atoms with E-state index in [0.29, 0.717) is 24.1 Å². The monoisotopic (exact) mass is 464 g/mol. The van der Waals surface area contributed by atoms with E-state index in [-0.39, 0.29) is 29.9 Å². The van der Waals surface area contributed by atoms with Gasteiger partial charge in [-0.25, -0.2) is 9.59 Å². The molecule has 33 heavy (non-hydrogen) atoms. The summed E-state index contributed by atoms with van der Waals surface area (Å²) in [5.41, 5.74) is 2.71. The molecule has 0 aliphatic carbocycles. The molecule has 1 saturated heterocycles. The summed E-state index contributed by atoms with van der Waals surface area (Å²) < 4.78 is 0. The van der Waals surface area contributed by atoms with E-state index in [0.717, 1.165) is 27.3 Å². The fourth-order valence-electron chi connectivity index (χ4n) is 4.08. The fraction of sp³-hybridized carbons (Fsp3) is 0.240. The smallest absolute Gasteiger partial charge is 0.407 e. The Morgan fingerprint density at radius 2 is 1.61 bits per heavy atom. The van der Waals surface area contributed by atoms with E-state index in [9.17, 15) is 24.6 Å². The van der Waals surface area contributed by atoms with Crippen LogP contribution < -0.4 is 4.90 Å². The van der Waals surface area contributed by atoms with Crippen molar-refractivity contribution in [2.75, 3.05) is 18.0 Å². The lowest BCUT2D eigenvalue weighted by atomic mass is 10.0. The molecule has 4 rings (SSSR count). The summed E-state index contributed by atoms with van der Waals surface area (Å²) in [4.78, 5) is 41.0. The Hall–Kier alpha value is -3.65. The molecule has 2 amide bonds. The third-order valence-corrected chi connectivity index (χ3v) is 7.00. The highest BCUT2D eigenvalue weighted by atomic mass is 32.1. The maximum Gasteiger partial charge on any atom is 0.407 e. The Kier molecular flexibility index (Phi) is 6.46. The van der Waals surface area contributed by atoms with E-state index in [1.807, 2.05) is 49.4 Å². The van der Waals surface area contributed by atoms with Gasteiger partial charge in [0, 0.05) is 29.6 Å². The van der Waals surface area contributed by atoms with E-state index >= 15 is 0 Å². The third kappa shape index (κ3) is 4.75. The Morgan fingerprint density at radius 3 is 2.18 bits per heavy atom. The van der Waals surface area contributed by atoms with Crippen molar-refractivity contribution < 1.29 is 24.6 Å². The number of carbonyl (C=O) groups is 3. The van der Waals surface area contributed by atoms with Gasteiger partial charge in [0.1, 0.15) is 4.88 Å². The number of rotatable bonds is 5. The first-order valence-electron chi connectivity index (χ1n) is 10.7. The number of hydrogen-bond donors (Lipinski definition) is 2. The van der Waals surface area contributed by atoms with Crippen LogP contribution in [0.25, 0.3) is 10.4 Å². The molecular weight excluding hydrogens is 440 g/mol. The van der Waals surface area contributed by atoms with Gasteiger partial charge in [-0.2, -0.15) is 0 Å². The van der Waals surface area contributed by atoms with Crippen molar-refractivity contribution in [3.8, 4) is 10.4 Å². The van der Waals surface area contributed by atoms with Crippen LogP contribution in [-0.2, 0) is 0 Å². The lowest BCUT2D eigenvalue weighted by molar-refractivity contribution is 0.0702. The van der Waals surface area contributed by atoms with Gasteiger partial charge in [0.2, 0.25) is 0 Å². The second kappa shape index (κ2) is 9.46. The van der Waals surface area contributed by atoms with Gasteiger partial charge in [-0.3, -0.25) is 4.79 Å². The van der Waals surface area contributed by atoms with Gasteiger partial charge in [-0.1, -0.05) is 48.0 Å².